The third-order valence-electron chi connectivity index (χ3n) is 3.08. The Morgan fingerprint density at radius 1 is 1.29 bits per heavy atom. The van der Waals surface area contributed by atoms with Gasteiger partial charge in [0, 0.05) is 10.6 Å². The van der Waals surface area contributed by atoms with Gasteiger partial charge in [-0.15, -0.1) is 0 Å². The van der Waals surface area contributed by atoms with Crippen LogP contribution >= 0.6 is 11.6 Å². The van der Waals surface area contributed by atoms with Crippen molar-refractivity contribution in [3.05, 3.63) is 41.7 Å². The highest BCUT2D eigenvalue weighted by atomic mass is 35.5. The lowest BCUT2D eigenvalue weighted by Gasteiger charge is -2.18. The van der Waals surface area contributed by atoms with E-state index in [2.05, 4.69) is 29.1 Å². The molecule has 0 fully saturated rings. The maximum Gasteiger partial charge on any atom is 0.145 e. The van der Waals surface area contributed by atoms with Crippen LogP contribution in [0, 0.1) is 5.92 Å². The summed E-state index contributed by atoms with van der Waals surface area (Å²) in [6.07, 6.45) is 4.24. The number of halogens is 1. The van der Waals surface area contributed by atoms with Gasteiger partial charge in [-0.05, 0) is 24.5 Å². The summed E-state index contributed by atoms with van der Waals surface area (Å²) < 4.78 is 0. The molecule has 0 radical (unpaired) electrons. The number of anilines is 1. The topological polar surface area (TPSA) is 58.0 Å². The standard InChI is InChI=1S/C16H20ClN3O/c1-11(2)6-14(10-21)19-16-9-18-8-15(20-16)12-4-3-5-13(17)7-12/h3-5,7-9,11,14,21H,6,10H2,1-2H3,(H,19,20)/t14-/m1/s1. The molecule has 1 heterocycles. The molecule has 0 saturated carbocycles. The molecule has 1 aromatic heterocycles. The average Bonchev–Trinajstić information content (AvgIpc) is 2.46. The number of hydrogen-bond acceptors (Lipinski definition) is 4. The number of aliphatic hydroxyl groups is 1. The van der Waals surface area contributed by atoms with Gasteiger partial charge in [0.15, 0.2) is 0 Å². The van der Waals surface area contributed by atoms with Crippen molar-refractivity contribution < 1.29 is 5.11 Å². The molecule has 0 aliphatic rings. The first kappa shape index (κ1) is 15.7. The first-order valence-corrected chi connectivity index (χ1v) is 7.41. The molecule has 2 N–H and O–H groups in total. The van der Waals surface area contributed by atoms with Crippen molar-refractivity contribution in [1.82, 2.24) is 9.97 Å². The summed E-state index contributed by atoms with van der Waals surface area (Å²) in [5.74, 6) is 1.16. The highest BCUT2D eigenvalue weighted by Crippen LogP contribution is 2.21. The zero-order valence-electron chi connectivity index (χ0n) is 12.3. The molecule has 0 aliphatic heterocycles. The van der Waals surface area contributed by atoms with E-state index >= 15 is 0 Å². The Morgan fingerprint density at radius 3 is 2.76 bits per heavy atom. The molecule has 21 heavy (non-hydrogen) atoms. The van der Waals surface area contributed by atoms with Crippen molar-refractivity contribution in [2.45, 2.75) is 26.3 Å². The first-order valence-electron chi connectivity index (χ1n) is 7.04. The van der Waals surface area contributed by atoms with Gasteiger partial charge < -0.3 is 10.4 Å². The maximum absolute atomic E-state index is 9.43. The lowest BCUT2D eigenvalue weighted by Crippen LogP contribution is -2.26. The number of aromatic nitrogens is 2. The second-order valence-electron chi connectivity index (χ2n) is 5.45. The van der Waals surface area contributed by atoms with Crippen LogP contribution in [-0.4, -0.2) is 27.7 Å². The first-order chi connectivity index (χ1) is 10.1. The third-order valence-corrected chi connectivity index (χ3v) is 3.32. The molecule has 2 rings (SSSR count). The van der Waals surface area contributed by atoms with Crippen molar-refractivity contribution in [2.24, 2.45) is 5.92 Å². The van der Waals surface area contributed by atoms with Gasteiger partial charge in [-0.2, -0.15) is 0 Å². The van der Waals surface area contributed by atoms with E-state index < -0.39 is 0 Å². The molecule has 4 nitrogen and oxygen atoms in total. The summed E-state index contributed by atoms with van der Waals surface area (Å²) in [6, 6.07) is 7.48. The molecular weight excluding hydrogens is 286 g/mol. The van der Waals surface area contributed by atoms with Crippen LogP contribution in [0.5, 0.6) is 0 Å². The Bertz CT molecular complexity index is 589. The van der Waals surface area contributed by atoms with Crippen LogP contribution in [0.25, 0.3) is 11.3 Å². The maximum atomic E-state index is 9.43. The van der Waals surface area contributed by atoms with Crippen LogP contribution in [0.2, 0.25) is 5.02 Å². The van der Waals surface area contributed by atoms with E-state index in [9.17, 15) is 5.11 Å². The zero-order chi connectivity index (χ0) is 15.2. The fourth-order valence-electron chi connectivity index (χ4n) is 2.18. The summed E-state index contributed by atoms with van der Waals surface area (Å²) in [7, 11) is 0. The van der Waals surface area contributed by atoms with Gasteiger partial charge in [0.25, 0.3) is 0 Å². The second-order valence-corrected chi connectivity index (χ2v) is 5.89. The largest absolute Gasteiger partial charge is 0.394 e. The number of nitrogens with one attached hydrogen (secondary N) is 1. The molecule has 0 bridgehead atoms. The van der Waals surface area contributed by atoms with Gasteiger partial charge >= 0.3 is 0 Å². The van der Waals surface area contributed by atoms with E-state index in [4.69, 9.17) is 11.6 Å². The van der Waals surface area contributed by atoms with Crippen LogP contribution in [0.3, 0.4) is 0 Å². The Kier molecular flexibility index (Phi) is 5.53. The number of aliphatic hydroxyl groups excluding tert-OH is 1. The van der Waals surface area contributed by atoms with Gasteiger partial charge in [-0.3, -0.25) is 4.98 Å². The summed E-state index contributed by atoms with van der Waals surface area (Å²) in [5.41, 5.74) is 1.67. The molecule has 112 valence electrons. The molecule has 0 spiro atoms. The van der Waals surface area contributed by atoms with Crippen molar-refractivity contribution in [1.29, 1.82) is 0 Å². The van der Waals surface area contributed by atoms with Gasteiger partial charge in [0.1, 0.15) is 5.82 Å². The average molecular weight is 306 g/mol. The summed E-state index contributed by atoms with van der Waals surface area (Å²) in [6.45, 7) is 4.32. The van der Waals surface area contributed by atoms with Crippen molar-refractivity contribution in [2.75, 3.05) is 11.9 Å². The van der Waals surface area contributed by atoms with Gasteiger partial charge in [-0.25, -0.2) is 4.98 Å². The van der Waals surface area contributed by atoms with Crippen LogP contribution < -0.4 is 5.32 Å². The quantitative estimate of drug-likeness (QED) is 0.856. The van der Waals surface area contributed by atoms with E-state index in [1.807, 2.05) is 24.3 Å². The minimum absolute atomic E-state index is 0.0195. The van der Waals surface area contributed by atoms with Gasteiger partial charge in [0.05, 0.1) is 30.7 Å². The molecule has 5 heteroatoms. The predicted molar refractivity (Wildman–Crippen MR) is 86.4 cm³/mol. The van der Waals surface area contributed by atoms with Crippen LogP contribution in [0.15, 0.2) is 36.7 Å². The Labute approximate surface area is 130 Å². The van der Waals surface area contributed by atoms with E-state index in [1.54, 1.807) is 12.4 Å². The number of hydrogen-bond donors (Lipinski definition) is 2. The molecule has 1 aromatic carbocycles. The van der Waals surface area contributed by atoms with Crippen molar-refractivity contribution in [3.8, 4) is 11.3 Å². The zero-order valence-corrected chi connectivity index (χ0v) is 13.0. The number of rotatable bonds is 6. The van der Waals surface area contributed by atoms with Crippen molar-refractivity contribution in [3.63, 3.8) is 0 Å². The predicted octanol–water partition coefficient (Wildman–Crippen LogP) is 3.62. The minimum atomic E-state index is -0.0195. The summed E-state index contributed by atoms with van der Waals surface area (Å²) in [5, 5.41) is 13.3. The van der Waals surface area contributed by atoms with E-state index in [0.717, 1.165) is 17.7 Å². The van der Waals surface area contributed by atoms with Crippen LogP contribution in [0.4, 0.5) is 5.82 Å². The fraction of sp³-hybridized carbons (Fsp3) is 0.375. The fourth-order valence-corrected chi connectivity index (χ4v) is 2.37. The van der Waals surface area contributed by atoms with Crippen molar-refractivity contribution >= 4 is 17.4 Å². The third kappa shape index (κ3) is 4.69. The van der Waals surface area contributed by atoms with Crippen LogP contribution in [0.1, 0.15) is 20.3 Å². The van der Waals surface area contributed by atoms with Gasteiger partial charge in [-0.1, -0.05) is 37.6 Å². The molecule has 0 saturated heterocycles. The lowest BCUT2D eigenvalue weighted by molar-refractivity contribution is 0.259. The molecule has 0 unspecified atom stereocenters. The summed E-state index contributed by atoms with van der Waals surface area (Å²) in [4.78, 5) is 8.74. The molecule has 0 aliphatic carbocycles. The Morgan fingerprint density at radius 2 is 2.10 bits per heavy atom. The summed E-state index contributed by atoms with van der Waals surface area (Å²) >= 11 is 6.00. The highest BCUT2D eigenvalue weighted by Gasteiger charge is 2.11. The second kappa shape index (κ2) is 7.38. The SMILES string of the molecule is CC(C)C[C@H](CO)Nc1cncc(-c2cccc(Cl)c2)n1. The molecule has 2 aromatic rings. The molecule has 1 atom stereocenters. The van der Waals surface area contributed by atoms with E-state index in [1.165, 1.54) is 0 Å². The van der Waals surface area contributed by atoms with E-state index in [-0.39, 0.29) is 12.6 Å². The minimum Gasteiger partial charge on any atom is -0.394 e. The smallest absolute Gasteiger partial charge is 0.145 e. The highest BCUT2D eigenvalue weighted by molar-refractivity contribution is 6.30. The van der Waals surface area contributed by atoms with E-state index in [0.29, 0.717) is 16.8 Å². The van der Waals surface area contributed by atoms with Gasteiger partial charge in [0.2, 0.25) is 0 Å². The molecular formula is C16H20ClN3O. The Balaban J connectivity index is 2.17. The monoisotopic (exact) mass is 305 g/mol. The lowest BCUT2D eigenvalue weighted by atomic mass is 10.0. The normalized spacial score (nSPS) is 12.4. The number of nitrogens with zero attached hydrogens (tertiary/aromatic N) is 2. The molecule has 0 amide bonds. The van der Waals surface area contributed by atoms with Crippen LogP contribution in [-0.2, 0) is 0 Å². The Hall–Kier alpha value is -1.65. The number of benzene rings is 1.